The Morgan fingerprint density at radius 2 is 0.696 bits per heavy atom. The third kappa shape index (κ3) is 24.9. The normalized spacial score (nSPS) is 12.7. The lowest BCUT2D eigenvalue weighted by Crippen LogP contribution is -2.50. The molecular weight excluding hydrogens is 1460 g/mol. The van der Waals surface area contributed by atoms with Gasteiger partial charge in [0.1, 0.15) is 45.3 Å². The van der Waals surface area contributed by atoms with Crippen LogP contribution in [0.4, 0.5) is 0 Å². The van der Waals surface area contributed by atoms with Crippen molar-refractivity contribution in [3.8, 4) is 101 Å². The maximum absolute atomic E-state index is 14.3. The maximum Gasteiger partial charge on any atom is 0.333 e. The summed E-state index contributed by atoms with van der Waals surface area (Å²) in [6.45, 7) is 39.8. The monoisotopic (exact) mass is 1570 g/mol. The predicted molar refractivity (Wildman–Crippen MR) is 445 cm³/mol. The van der Waals surface area contributed by atoms with Gasteiger partial charge in [0.15, 0.2) is 5.79 Å². The summed E-state index contributed by atoms with van der Waals surface area (Å²) in [5.74, 6) is -0.702. The number of carbonyl (C=O) groups is 6. The molecule has 0 amide bonds. The molecule has 115 heavy (non-hydrogen) atoms. The minimum Gasteiger partial charge on any atom is -0.493 e. The molecule has 1 fully saturated rings. The Labute approximate surface area is 676 Å². The second kappa shape index (κ2) is 41.2. The molecule has 0 unspecified atom stereocenters. The quantitative estimate of drug-likeness (QED) is 0.0122. The molecule has 1 saturated heterocycles. The van der Waals surface area contributed by atoms with Gasteiger partial charge in [-0.05, 0) is 230 Å². The average Bonchev–Trinajstić information content (AvgIpc) is 0.762. The van der Waals surface area contributed by atoms with Crippen molar-refractivity contribution in [3.63, 3.8) is 0 Å². The second-order valence-electron chi connectivity index (χ2n) is 30.5. The van der Waals surface area contributed by atoms with Crippen LogP contribution in [-0.4, -0.2) is 131 Å². The Morgan fingerprint density at radius 1 is 0.417 bits per heavy atom. The smallest absolute Gasteiger partial charge is 0.333 e. The lowest BCUT2D eigenvalue weighted by atomic mass is 9.87. The molecule has 0 radical (unpaired) electrons. The second-order valence-corrected chi connectivity index (χ2v) is 30.5. The van der Waals surface area contributed by atoms with Crippen LogP contribution in [0.25, 0.3) is 66.8 Å². The molecule has 610 valence electrons. The van der Waals surface area contributed by atoms with Crippen molar-refractivity contribution in [2.75, 3.05) is 79.3 Å². The van der Waals surface area contributed by atoms with Gasteiger partial charge < -0.3 is 67.1 Å². The van der Waals surface area contributed by atoms with Crippen molar-refractivity contribution in [1.29, 1.82) is 0 Å². The van der Waals surface area contributed by atoms with Crippen LogP contribution in [0.5, 0.6) is 34.5 Å². The van der Waals surface area contributed by atoms with Gasteiger partial charge in [0, 0.05) is 64.7 Å². The molecule has 0 saturated carbocycles. The molecule has 0 atom stereocenters. The highest BCUT2D eigenvalue weighted by atomic mass is 16.7. The molecular formula is C95H110O20. The van der Waals surface area contributed by atoms with E-state index < -0.39 is 59.7 Å². The van der Waals surface area contributed by atoms with Gasteiger partial charge in [0.05, 0.1) is 85.2 Å². The summed E-state index contributed by atoms with van der Waals surface area (Å²) < 4.78 is 69.2. The van der Waals surface area contributed by atoms with Gasteiger partial charge in [-0.2, -0.15) is 0 Å². The fourth-order valence-electron chi connectivity index (χ4n) is 12.5. The van der Waals surface area contributed by atoms with Crippen LogP contribution in [-0.2, 0) is 57.2 Å². The van der Waals surface area contributed by atoms with Gasteiger partial charge in [-0.3, -0.25) is 14.4 Å². The fraction of sp³-hybridized carbons (Fsp3) is 0.368. The molecule has 8 aromatic rings. The van der Waals surface area contributed by atoms with Crippen LogP contribution in [0.2, 0.25) is 0 Å². The molecule has 1 aliphatic rings. The molecule has 20 heteroatoms. The lowest BCUT2D eigenvalue weighted by molar-refractivity contribution is -0.279. The van der Waals surface area contributed by atoms with Gasteiger partial charge in [0.2, 0.25) is 0 Å². The molecule has 9 rings (SSSR count). The van der Waals surface area contributed by atoms with Crippen molar-refractivity contribution in [2.24, 2.45) is 16.7 Å². The van der Waals surface area contributed by atoms with Crippen LogP contribution >= 0.6 is 0 Å². The van der Waals surface area contributed by atoms with Crippen molar-refractivity contribution in [3.05, 3.63) is 215 Å². The Morgan fingerprint density at radius 3 is 0.965 bits per heavy atom. The number of ether oxygens (including phenoxy) is 12. The Kier molecular flexibility index (Phi) is 32.0. The third-order valence-corrected chi connectivity index (χ3v) is 19.0. The highest BCUT2D eigenvalue weighted by molar-refractivity contribution is 5.95. The molecule has 1 aliphatic heterocycles. The van der Waals surface area contributed by atoms with Gasteiger partial charge in [-0.25, -0.2) is 14.4 Å². The van der Waals surface area contributed by atoms with Gasteiger partial charge in [0.25, 0.3) is 0 Å². The molecule has 20 nitrogen and oxygen atoms in total. The van der Waals surface area contributed by atoms with E-state index >= 15 is 0 Å². The molecule has 2 N–H and O–H groups in total. The van der Waals surface area contributed by atoms with E-state index in [0.717, 1.165) is 77.9 Å². The van der Waals surface area contributed by atoms with E-state index in [0.29, 0.717) is 120 Å². The van der Waals surface area contributed by atoms with E-state index in [9.17, 15) is 39.0 Å². The molecule has 0 aliphatic carbocycles. The Balaban J connectivity index is 0.000000288. The largest absolute Gasteiger partial charge is 0.493 e. The number of rotatable bonds is 36. The number of carbonyl (C=O) groups excluding carboxylic acids is 6. The van der Waals surface area contributed by atoms with Crippen LogP contribution in [0.15, 0.2) is 182 Å². The number of esters is 6. The van der Waals surface area contributed by atoms with E-state index in [-0.39, 0.29) is 57.3 Å². The van der Waals surface area contributed by atoms with E-state index in [4.69, 9.17) is 56.8 Å². The lowest BCUT2D eigenvalue weighted by Gasteiger charge is -2.39. The minimum absolute atomic E-state index is 0.125. The first-order valence-electron chi connectivity index (χ1n) is 38.7. The standard InChI is InChI=1S/C49H56O10.C46H54O10/c1-31(2)45(50)55-23-11-21-53-39-17-13-36(14-18-39)41-27-38(43-34(6)25-33(5)26-35(43)7)28-42(44(41)59-47(52)49(10)29-57-48(8,9)58-30-49)37-15-19-40(20-16-37)54-22-12-24-56-46(51)32(3)4;1-29(2)43(49)54-21-9-19-52-37-15-11-34(12-16-37)39-25-36(41-32(6)23-31(5)24-33(41)7)26-40(42(39)56-45(51)46(8,27-47)28-48)35-13-17-38(18-14-35)53-20-10-22-55-44(50)30(3)4/h13-20,25-28H,1,3,11-12,21-24,29-30H2,2,4-10H3;11-18,23-26,30,47-48H,1,9-10,19-22,27-28H2,2-8H3. The maximum atomic E-state index is 14.3. The van der Waals surface area contributed by atoms with E-state index in [1.54, 1.807) is 41.5 Å². The summed E-state index contributed by atoms with van der Waals surface area (Å²) in [7, 11) is 0. The molecule has 1 heterocycles. The Hall–Kier alpha value is -11.2. The zero-order chi connectivity index (χ0) is 83.9. The van der Waals surface area contributed by atoms with Crippen LogP contribution in [0.3, 0.4) is 0 Å². The fourth-order valence-corrected chi connectivity index (χ4v) is 12.5. The van der Waals surface area contributed by atoms with Crippen LogP contribution in [0.1, 0.15) is 121 Å². The van der Waals surface area contributed by atoms with Crippen molar-refractivity contribution >= 4 is 35.8 Å². The molecule has 0 bridgehead atoms. The van der Waals surface area contributed by atoms with E-state index in [2.05, 4.69) is 97.7 Å². The van der Waals surface area contributed by atoms with Crippen molar-refractivity contribution in [2.45, 2.75) is 135 Å². The number of aliphatic hydroxyl groups is 2. The van der Waals surface area contributed by atoms with Gasteiger partial charge in [-0.1, -0.05) is 118 Å². The van der Waals surface area contributed by atoms with E-state index in [1.165, 1.54) is 6.92 Å². The molecule has 8 aromatic carbocycles. The van der Waals surface area contributed by atoms with Crippen molar-refractivity contribution < 1.29 is 95.8 Å². The first kappa shape index (κ1) is 89.4. The highest BCUT2D eigenvalue weighted by Crippen LogP contribution is 2.48. The van der Waals surface area contributed by atoms with Crippen LogP contribution in [0, 0.1) is 58.3 Å². The number of hydrogen-bond acceptors (Lipinski definition) is 20. The predicted octanol–water partition coefficient (Wildman–Crippen LogP) is 18.4. The van der Waals surface area contributed by atoms with Gasteiger partial charge >= 0.3 is 35.8 Å². The zero-order valence-electron chi connectivity index (χ0n) is 69.1. The summed E-state index contributed by atoms with van der Waals surface area (Å²) in [6, 6.07) is 46.7. The highest BCUT2D eigenvalue weighted by Gasteiger charge is 2.44. The number of aliphatic hydroxyl groups excluding tert-OH is 2. The molecule has 0 aromatic heterocycles. The SMILES string of the molecule is C=C(C)C(=O)OCCCOc1ccc(-c2cc(-c3c(C)cc(C)cc3C)cc(-c3ccc(OCCCOC(=O)C(=C)C)cc3)c2OC(=O)C2(C)COC(C)(C)OC2)cc1.C=C(C)C(=O)OCCCOc1ccc(-c2cc(-c3c(C)cc(C)cc3C)cc(-c3ccc(OCCCOC(=O)C(C)C)cc3)c2OC(=O)C(C)(CO)CO)cc1. The molecule has 0 spiro atoms. The number of hydrogen-bond donors (Lipinski definition) is 2. The summed E-state index contributed by atoms with van der Waals surface area (Å²) in [5.41, 5.74) is 14.8. The zero-order valence-corrected chi connectivity index (χ0v) is 69.1. The van der Waals surface area contributed by atoms with Gasteiger partial charge in [-0.15, -0.1) is 0 Å². The summed E-state index contributed by atoms with van der Waals surface area (Å²) in [6.07, 6.45) is 2.05. The third-order valence-electron chi connectivity index (χ3n) is 19.0. The van der Waals surface area contributed by atoms with E-state index in [1.807, 2.05) is 123 Å². The summed E-state index contributed by atoms with van der Waals surface area (Å²) in [4.78, 5) is 74.9. The van der Waals surface area contributed by atoms with Crippen molar-refractivity contribution in [1.82, 2.24) is 0 Å². The Bertz CT molecular complexity index is 4610. The number of benzene rings is 8. The average molecular weight is 1570 g/mol. The topological polar surface area (TPSA) is 254 Å². The summed E-state index contributed by atoms with van der Waals surface area (Å²) in [5, 5.41) is 20.2. The summed E-state index contributed by atoms with van der Waals surface area (Å²) >= 11 is 0. The van der Waals surface area contributed by atoms with Crippen LogP contribution < -0.4 is 28.4 Å². The first-order valence-corrected chi connectivity index (χ1v) is 38.7. The number of aryl methyl sites for hydroxylation is 6. The minimum atomic E-state index is -1.56. The first-order chi connectivity index (χ1) is 54.6.